The average Bonchev–Trinajstić information content (AvgIpc) is 2.84. The summed E-state index contributed by atoms with van der Waals surface area (Å²) < 4.78 is 33.0. The van der Waals surface area contributed by atoms with Crippen molar-refractivity contribution in [3.63, 3.8) is 0 Å². The number of hydrogen-bond acceptors (Lipinski definition) is 6. The summed E-state index contributed by atoms with van der Waals surface area (Å²) in [5.74, 6) is -2.99. The molecule has 2 N–H and O–H groups in total. The third-order valence-corrected chi connectivity index (χ3v) is 2.52. The fraction of sp³-hybridized carbons (Fsp3) is 0.231. The highest BCUT2D eigenvalue weighted by molar-refractivity contribution is 5.74. The van der Waals surface area contributed by atoms with E-state index in [2.05, 4.69) is 15.4 Å². The largest absolute Gasteiger partial charge is 0.474 e. The molecule has 0 aliphatic rings. The Morgan fingerprint density at radius 2 is 2.17 bits per heavy atom. The quantitative estimate of drug-likeness (QED) is 0.831. The van der Waals surface area contributed by atoms with E-state index in [1.807, 2.05) is 0 Å². The topological polar surface area (TPSA) is 113 Å². The summed E-state index contributed by atoms with van der Waals surface area (Å²) >= 11 is 0. The fourth-order valence-electron chi connectivity index (χ4n) is 1.65. The van der Waals surface area contributed by atoms with Crippen LogP contribution in [0.3, 0.4) is 0 Å². The summed E-state index contributed by atoms with van der Waals surface area (Å²) in [4.78, 5) is 14.4. The molecule has 2 aromatic heterocycles. The Kier molecular flexibility index (Phi) is 4.40. The maximum atomic E-state index is 13.8. The molecule has 2 rings (SSSR count). The number of aromatic nitrogens is 3. The van der Waals surface area contributed by atoms with E-state index in [4.69, 9.17) is 15.1 Å². The van der Waals surface area contributed by atoms with Crippen LogP contribution in [0, 0.1) is 23.1 Å². The molecular weight excluding hydrogens is 312 g/mol. The van der Waals surface area contributed by atoms with Crippen molar-refractivity contribution in [3.8, 4) is 11.9 Å². The van der Waals surface area contributed by atoms with Gasteiger partial charge in [0.05, 0.1) is 6.10 Å². The number of nitrogens with one attached hydrogen (secondary N) is 1. The zero-order valence-electron chi connectivity index (χ0n) is 12.0. The van der Waals surface area contributed by atoms with Gasteiger partial charge in [-0.2, -0.15) is 14.6 Å². The van der Waals surface area contributed by atoms with E-state index in [0.29, 0.717) is 10.7 Å². The van der Waals surface area contributed by atoms with Gasteiger partial charge in [-0.15, -0.1) is 9.78 Å². The summed E-state index contributed by atoms with van der Waals surface area (Å²) in [7, 11) is 0. The van der Waals surface area contributed by atoms with Crippen LogP contribution in [-0.4, -0.2) is 32.1 Å². The van der Waals surface area contributed by atoms with Crippen LogP contribution in [0.25, 0.3) is 0 Å². The number of hydrogen-bond donors (Lipinski definition) is 2. The Morgan fingerprint density at radius 3 is 2.74 bits per heavy atom. The molecule has 0 atom stereocenters. The zero-order valence-corrected chi connectivity index (χ0v) is 12.0. The van der Waals surface area contributed by atoms with Crippen molar-refractivity contribution in [2.75, 3.05) is 5.32 Å². The first kappa shape index (κ1) is 16.2. The highest BCUT2D eigenvalue weighted by Gasteiger charge is 2.18. The van der Waals surface area contributed by atoms with Gasteiger partial charge in [0, 0.05) is 12.1 Å². The molecule has 23 heavy (non-hydrogen) atoms. The Hall–Kier alpha value is -3.22. The van der Waals surface area contributed by atoms with Crippen LogP contribution in [0.4, 0.5) is 25.2 Å². The molecule has 0 saturated carbocycles. The molecule has 0 saturated heterocycles. The second-order valence-electron chi connectivity index (χ2n) is 4.62. The van der Waals surface area contributed by atoms with Gasteiger partial charge in [-0.05, 0) is 13.8 Å². The first-order valence-corrected chi connectivity index (χ1v) is 6.35. The van der Waals surface area contributed by atoms with Crippen molar-refractivity contribution in [1.82, 2.24) is 14.8 Å². The number of nitriles is 1. The Balaban J connectivity index is 2.40. The molecule has 0 radical (unpaired) electrons. The SMILES string of the molecule is CC(C)Oc1cc(Nc2nc(F)c(C#N)cc2F)n(C(=O)O)n1. The van der Waals surface area contributed by atoms with E-state index < -0.39 is 29.2 Å². The molecule has 10 heteroatoms. The molecule has 0 spiro atoms. The number of carboxylic acid groups (broad SMARTS) is 1. The van der Waals surface area contributed by atoms with Gasteiger partial charge in [-0.3, -0.25) is 0 Å². The molecule has 0 unspecified atom stereocenters. The van der Waals surface area contributed by atoms with Gasteiger partial charge >= 0.3 is 6.09 Å². The third-order valence-electron chi connectivity index (χ3n) is 2.52. The lowest BCUT2D eigenvalue weighted by Gasteiger charge is -2.06. The minimum Gasteiger partial charge on any atom is -0.474 e. The van der Waals surface area contributed by atoms with Gasteiger partial charge in [0.2, 0.25) is 11.8 Å². The van der Waals surface area contributed by atoms with Gasteiger partial charge in [-0.25, -0.2) is 9.18 Å². The molecule has 8 nitrogen and oxygen atoms in total. The predicted octanol–water partition coefficient (Wildman–Crippen LogP) is 2.48. The van der Waals surface area contributed by atoms with Gasteiger partial charge < -0.3 is 15.2 Å². The zero-order chi connectivity index (χ0) is 17.1. The summed E-state index contributed by atoms with van der Waals surface area (Å²) in [6, 6.07) is 3.30. The van der Waals surface area contributed by atoms with Crippen LogP contribution in [0.5, 0.6) is 5.88 Å². The van der Waals surface area contributed by atoms with Crippen molar-refractivity contribution in [1.29, 1.82) is 5.26 Å². The van der Waals surface area contributed by atoms with Crippen molar-refractivity contribution in [2.45, 2.75) is 20.0 Å². The maximum Gasteiger partial charge on any atom is 0.434 e. The Labute approximate surface area is 128 Å². The van der Waals surface area contributed by atoms with E-state index in [9.17, 15) is 13.6 Å². The fourth-order valence-corrected chi connectivity index (χ4v) is 1.65. The number of carbonyl (C=O) groups is 1. The van der Waals surface area contributed by atoms with Gasteiger partial charge in [-0.1, -0.05) is 0 Å². The van der Waals surface area contributed by atoms with Crippen molar-refractivity contribution in [3.05, 3.63) is 29.5 Å². The Morgan fingerprint density at radius 1 is 1.48 bits per heavy atom. The molecule has 2 heterocycles. The number of rotatable bonds is 4. The van der Waals surface area contributed by atoms with Gasteiger partial charge in [0.1, 0.15) is 17.5 Å². The molecule has 0 aromatic carbocycles. The Bertz CT molecular complexity index is 798. The third kappa shape index (κ3) is 3.52. The number of nitrogens with zero attached hydrogens (tertiary/aromatic N) is 4. The molecule has 0 aliphatic heterocycles. The highest BCUT2D eigenvalue weighted by Crippen LogP contribution is 2.23. The number of pyridine rings is 1. The molecule has 0 aliphatic carbocycles. The van der Waals surface area contributed by atoms with Crippen LogP contribution in [-0.2, 0) is 0 Å². The van der Waals surface area contributed by atoms with Crippen LogP contribution in [0.1, 0.15) is 19.4 Å². The second-order valence-corrected chi connectivity index (χ2v) is 4.62. The smallest absolute Gasteiger partial charge is 0.434 e. The van der Waals surface area contributed by atoms with E-state index in [-0.39, 0.29) is 17.8 Å². The van der Waals surface area contributed by atoms with Crippen molar-refractivity contribution < 1.29 is 23.4 Å². The van der Waals surface area contributed by atoms with E-state index in [1.165, 1.54) is 12.1 Å². The number of anilines is 2. The first-order chi connectivity index (χ1) is 10.8. The van der Waals surface area contributed by atoms with Gasteiger partial charge in [0.25, 0.3) is 0 Å². The lowest BCUT2D eigenvalue weighted by atomic mass is 10.3. The molecule has 0 amide bonds. The molecular formula is C13H11F2N5O3. The number of ether oxygens (including phenoxy) is 1. The predicted molar refractivity (Wildman–Crippen MR) is 73.6 cm³/mol. The molecule has 120 valence electrons. The molecule has 2 aromatic rings. The summed E-state index contributed by atoms with van der Waals surface area (Å²) in [5.41, 5.74) is -0.566. The standard InChI is InChI=1S/C13H11F2N5O3/c1-6(2)23-10-4-9(20(19-10)13(21)22)17-12-8(14)3-7(5-16)11(15)18-12/h3-4,6H,1-2H3,(H,17,18)(H,21,22). The lowest BCUT2D eigenvalue weighted by molar-refractivity contribution is 0.190. The van der Waals surface area contributed by atoms with E-state index in [1.54, 1.807) is 13.8 Å². The average molecular weight is 323 g/mol. The number of halogens is 2. The van der Waals surface area contributed by atoms with Crippen LogP contribution in [0.15, 0.2) is 12.1 Å². The van der Waals surface area contributed by atoms with E-state index >= 15 is 0 Å². The summed E-state index contributed by atoms with van der Waals surface area (Å²) in [6.07, 6.45) is -1.72. The van der Waals surface area contributed by atoms with Crippen LogP contribution in [0.2, 0.25) is 0 Å². The minimum absolute atomic E-state index is 0.0144. The van der Waals surface area contributed by atoms with Crippen LogP contribution >= 0.6 is 0 Å². The summed E-state index contributed by atoms with van der Waals surface area (Å²) in [6.45, 7) is 3.42. The van der Waals surface area contributed by atoms with Crippen molar-refractivity contribution >= 4 is 17.7 Å². The molecule has 0 fully saturated rings. The molecule has 0 bridgehead atoms. The maximum absolute atomic E-state index is 13.8. The summed E-state index contributed by atoms with van der Waals surface area (Å²) in [5, 5.41) is 23.7. The second kappa shape index (κ2) is 6.27. The van der Waals surface area contributed by atoms with Crippen LogP contribution < -0.4 is 10.1 Å². The highest BCUT2D eigenvalue weighted by atomic mass is 19.1. The monoisotopic (exact) mass is 323 g/mol. The normalized spacial score (nSPS) is 10.4. The van der Waals surface area contributed by atoms with Gasteiger partial charge in [0.15, 0.2) is 11.6 Å². The van der Waals surface area contributed by atoms with E-state index in [0.717, 1.165) is 0 Å². The minimum atomic E-state index is -1.46. The lowest BCUT2D eigenvalue weighted by Crippen LogP contribution is -2.14. The first-order valence-electron chi connectivity index (χ1n) is 6.35. The van der Waals surface area contributed by atoms with Crippen molar-refractivity contribution in [2.24, 2.45) is 0 Å².